The van der Waals surface area contributed by atoms with Gasteiger partial charge in [0.25, 0.3) is 0 Å². The average molecular weight is 387 g/mol. The Morgan fingerprint density at radius 2 is 1.96 bits per heavy atom. The van der Waals surface area contributed by atoms with E-state index in [1.807, 2.05) is 13.1 Å². The Balaban J connectivity index is 1.61. The second-order valence-corrected chi connectivity index (χ2v) is 6.22. The van der Waals surface area contributed by atoms with Crippen LogP contribution < -0.4 is 10.1 Å². The highest BCUT2D eigenvalue weighted by Crippen LogP contribution is 2.32. The van der Waals surface area contributed by atoms with E-state index in [1.165, 1.54) is 6.33 Å². The van der Waals surface area contributed by atoms with Gasteiger partial charge in [-0.2, -0.15) is 0 Å². The van der Waals surface area contributed by atoms with Gasteiger partial charge >= 0.3 is 0 Å². The summed E-state index contributed by atoms with van der Waals surface area (Å²) < 4.78 is 7.32. The molecule has 0 radical (unpaired) electrons. The Kier molecular flexibility index (Phi) is 4.32. The molecule has 0 fully saturated rings. The summed E-state index contributed by atoms with van der Waals surface area (Å²) in [6.45, 7) is 0. The van der Waals surface area contributed by atoms with Gasteiger partial charge in [0, 0.05) is 25.0 Å². The van der Waals surface area contributed by atoms with E-state index in [0.717, 1.165) is 5.69 Å². The molecule has 0 saturated carbocycles. The van der Waals surface area contributed by atoms with Gasteiger partial charge in [0.15, 0.2) is 5.82 Å². The molecule has 0 aliphatic heterocycles. The maximum absolute atomic E-state index is 6.33. The Morgan fingerprint density at radius 3 is 2.73 bits per heavy atom. The van der Waals surface area contributed by atoms with Crippen molar-refractivity contribution in [1.29, 1.82) is 0 Å². The van der Waals surface area contributed by atoms with E-state index in [9.17, 15) is 0 Å². The van der Waals surface area contributed by atoms with Crippen molar-refractivity contribution in [3.63, 3.8) is 0 Å². The molecule has 7 nitrogen and oxygen atoms in total. The zero-order valence-electron chi connectivity index (χ0n) is 13.5. The first-order chi connectivity index (χ1) is 12.6. The van der Waals surface area contributed by atoms with Crippen LogP contribution in [0.2, 0.25) is 10.2 Å². The molecule has 0 aliphatic carbocycles. The highest BCUT2D eigenvalue weighted by atomic mass is 35.5. The van der Waals surface area contributed by atoms with Gasteiger partial charge in [-0.3, -0.25) is 4.68 Å². The lowest BCUT2D eigenvalue weighted by atomic mass is 10.3. The van der Waals surface area contributed by atoms with Crippen molar-refractivity contribution in [3.8, 4) is 11.6 Å². The number of hydrogen-bond donors (Lipinski definition) is 1. The molecule has 0 aliphatic rings. The van der Waals surface area contributed by atoms with Crippen LogP contribution in [0, 0.1) is 0 Å². The van der Waals surface area contributed by atoms with Crippen LogP contribution in [0.1, 0.15) is 0 Å². The second kappa shape index (κ2) is 6.78. The van der Waals surface area contributed by atoms with Crippen LogP contribution in [0.15, 0.2) is 48.9 Å². The third-order valence-electron chi connectivity index (χ3n) is 3.55. The maximum atomic E-state index is 6.33. The van der Waals surface area contributed by atoms with Crippen molar-refractivity contribution in [3.05, 3.63) is 59.1 Å². The fraction of sp³-hybridized carbons (Fsp3) is 0.0588. The molecule has 130 valence electrons. The van der Waals surface area contributed by atoms with Crippen LogP contribution in [-0.2, 0) is 7.05 Å². The average Bonchev–Trinajstić information content (AvgIpc) is 3.03. The Hall–Kier alpha value is -2.90. The molecule has 0 amide bonds. The van der Waals surface area contributed by atoms with Crippen molar-refractivity contribution in [2.45, 2.75) is 0 Å². The van der Waals surface area contributed by atoms with Crippen molar-refractivity contribution < 1.29 is 4.74 Å². The van der Waals surface area contributed by atoms with Crippen LogP contribution in [0.25, 0.3) is 11.0 Å². The molecular weight excluding hydrogens is 375 g/mol. The number of ether oxygens (including phenoxy) is 1. The lowest BCUT2D eigenvalue weighted by molar-refractivity contribution is 0.454. The number of aromatic nitrogens is 5. The van der Waals surface area contributed by atoms with Crippen LogP contribution in [0.4, 0.5) is 11.5 Å². The van der Waals surface area contributed by atoms with Gasteiger partial charge in [-0.1, -0.05) is 23.2 Å². The summed E-state index contributed by atoms with van der Waals surface area (Å²) >= 11 is 12.3. The highest BCUT2D eigenvalue weighted by Gasteiger charge is 2.10. The van der Waals surface area contributed by atoms with Gasteiger partial charge in [-0.15, -0.1) is 5.10 Å². The summed E-state index contributed by atoms with van der Waals surface area (Å²) in [5.41, 5.74) is 1.99. The highest BCUT2D eigenvalue weighted by molar-refractivity contribution is 6.32. The fourth-order valence-corrected chi connectivity index (χ4v) is 2.73. The summed E-state index contributed by atoms with van der Waals surface area (Å²) in [6, 6.07) is 10.5. The number of hydrogen-bond acceptors (Lipinski definition) is 6. The van der Waals surface area contributed by atoms with Crippen molar-refractivity contribution in [2.75, 3.05) is 5.32 Å². The third kappa shape index (κ3) is 3.40. The lowest BCUT2D eigenvalue weighted by Crippen LogP contribution is -1.98. The molecule has 0 unspecified atom stereocenters. The van der Waals surface area contributed by atoms with E-state index in [2.05, 4.69) is 25.4 Å². The van der Waals surface area contributed by atoms with Crippen molar-refractivity contribution in [1.82, 2.24) is 24.7 Å². The van der Waals surface area contributed by atoms with Gasteiger partial charge in [-0.25, -0.2) is 15.0 Å². The molecule has 26 heavy (non-hydrogen) atoms. The number of aryl methyl sites for hydroxylation is 1. The van der Waals surface area contributed by atoms with Crippen LogP contribution in [0.3, 0.4) is 0 Å². The van der Waals surface area contributed by atoms with E-state index in [1.54, 1.807) is 41.2 Å². The van der Waals surface area contributed by atoms with E-state index in [0.29, 0.717) is 38.7 Å². The molecule has 0 spiro atoms. The number of rotatable bonds is 4. The summed E-state index contributed by atoms with van der Waals surface area (Å²) in [5, 5.41) is 8.14. The molecule has 4 aromatic rings. The van der Waals surface area contributed by atoms with Crippen LogP contribution in [0.5, 0.6) is 11.6 Å². The van der Waals surface area contributed by atoms with Crippen molar-refractivity contribution in [2.24, 2.45) is 7.05 Å². The standard InChI is InChI=1S/C17H12Cl2N6O/c1-25-7-6-15(24-25)26-13-4-2-10(8-11(13)18)22-17-16-12(20-9-21-17)3-5-14(19)23-16/h2-9H,1H3,(H,20,21,22). The third-order valence-corrected chi connectivity index (χ3v) is 4.05. The summed E-state index contributed by atoms with van der Waals surface area (Å²) in [7, 11) is 1.81. The maximum Gasteiger partial charge on any atom is 0.238 e. The minimum atomic E-state index is 0.368. The quantitative estimate of drug-likeness (QED) is 0.516. The number of halogens is 2. The normalized spacial score (nSPS) is 10.9. The Morgan fingerprint density at radius 1 is 1.08 bits per heavy atom. The number of nitrogens with zero attached hydrogens (tertiary/aromatic N) is 5. The van der Waals surface area contributed by atoms with E-state index in [4.69, 9.17) is 27.9 Å². The molecule has 3 aromatic heterocycles. The summed E-state index contributed by atoms with van der Waals surface area (Å²) in [6.07, 6.45) is 3.25. The van der Waals surface area contributed by atoms with Crippen molar-refractivity contribution >= 4 is 45.7 Å². The molecule has 1 N–H and O–H groups in total. The largest absolute Gasteiger partial charge is 0.436 e. The predicted molar refractivity (Wildman–Crippen MR) is 100 cm³/mol. The Labute approximate surface area is 158 Å². The van der Waals surface area contributed by atoms with Crippen LogP contribution >= 0.6 is 23.2 Å². The number of nitrogens with one attached hydrogen (secondary N) is 1. The number of pyridine rings is 1. The molecule has 0 saturated heterocycles. The van der Waals surface area contributed by atoms with Gasteiger partial charge in [0.1, 0.15) is 22.7 Å². The summed E-state index contributed by atoms with van der Waals surface area (Å²) in [5.74, 6) is 1.51. The molecule has 9 heteroatoms. The number of fused-ring (bicyclic) bond motifs is 1. The number of benzene rings is 1. The smallest absolute Gasteiger partial charge is 0.238 e. The second-order valence-electron chi connectivity index (χ2n) is 5.42. The first kappa shape index (κ1) is 16.6. The first-order valence-electron chi connectivity index (χ1n) is 7.60. The van der Waals surface area contributed by atoms with Gasteiger partial charge in [0.05, 0.1) is 10.5 Å². The molecular formula is C17H12Cl2N6O. The summed E-state index contributed by atoms with van der Waals surface area (Å²) in [4.78, 5) is 12.7. The van der Waals surface area contributed by atoms with Gasteiger partial charge < -0.3 is 10.1 Å². The zero-order chi connectivity index (χ0) is 18.1. The molecule has 1 aromatic carbocycles. The fourth-order valence-electron chi connectivity index (χ4n) is 2.37. The van der Waals surface area contributed by atoms with Gasteiger partial charge in [0.2, 0.25) is 5.88 Å². The lowest BCUT2D eigenvalue weighted by Gasteiger charge is -2.10. The van der Waals surface area contributed by atoms with E-state index in [-0.39, 0.29) is 0 Å². The molecule has 0 atom stereocenters. The minimum absolute atomic E-state index is 0.368. The first-order valence-corrected chi connectivity index (χ1v) is 8.35. The molecule has 0 bridgehead atoms. The SMILES string of the molecule is Cn1ccc(Oc2ccc(Nc3ncnc4ccc(Cl)nc34)cc2Cl)n1. The zero-order valence-corrected chi connectivity index (χ0v) is 15.0. The number of anilines is 2. The van der Waals surface area contributed by atoms with E-state index < -0.39 is 0 Å². The Bertz CT molecular complexity index is 1100. The van der Waals surface area contributed by atoms with Gasteiger partial charge in [-0.05, 0) is 30.3 Å². The molecule has 3 heterocycles. The topological polar surface area (TPSA) is 77.8 Å². The monoisotopic (exact) mass is 386 g/mol. The van der Waals surface area contributed by atoms with E-state index >= 15 is 0 Å². The minimum Gasteiger partial charge on any atom is -0.436 e. The molecule has 4 rings (SSSR count). The predicted octanol–water partition coefficient (Wildman–Crippen LogP) is 4.60. The van der Waals surface area contributed by atoms with Crippen LogP contribution in [-0.4, -0.2) is 24.7 Å².